The monoisotopic (exact) mass is 247 g/mol. The van der Waals surface area contributed by atoms with E-state index in [-0.39, 0.29) is 0 Å². The number of nitrogen functional groups attached to an aromatic ring is 1. The van der Waals surface area contributed by atoms with E-state index in [1.165, 1.54) is 7.05 Å². The summed E-state index contributed by atoms with van der Waals surface area (Å²) in [6, 6.07) is 5.38. The Morgan fingerprint density at radius 3 is 2.35 bits per heavy atom. The van der Waals surface area contributed by atoms with Crippen molar-refractivity contribution in [3.05, 3.63) is 24.3 Å². The third-order valence-corrected chi connectivity index (χ3v) is 2.03. The molecular weight excluding hydrogens is 235 g/mol. The minimum Gasteiger partial charge on any atom is -0.399 e. The van der Waals surface area contributed by atoms with Gasteiger partial charge in [-0.15, -0.1) is 0 Å². The van der Waals surface area contributed by atoms with E-state index in [1.54, 1.807) is 29.6 Å². The summed E-state index contributed by atoms with van der Waals surface area (Å²) in [5.41, 5.74) is 6.42. The molecule has 0 saturated heterocycles. The first-order valence-corrected chi connectivity index (χ1v) is 4.73. The third-order valence-electron chi connectivity index (χ3n) is 2.03. The number of nitrogens with two attached hydrogens (primary N) is 1. The van der Waals surface area contributed by atoms with E-state index in [2.05, 4.69) is 0 Å². The molecule has 1 aromatic carbocycles. The van der Waals surface area contributed by atoms with E-state index >= 15 is 0 Å². The molecule has 0 aliphatic heterocycles. The van der Waals surface area contributed by atoms with E-state index in [1.807, 2.05) is 0 Å². The molecule has 1 aromatic rings. The molecular formula is C10H12F3N3O. The Bertz CT molecular complexity index is 389. The number of alkyl halides is 3. The number of benzene rings is 1. The second-order valence-electron chi connectivity index (χ2n) is 3.42. The van der Waals surface area contributed by atoms with Crippen LogP contribution in [-0.2, 0) is 0 Å². The molecule has 2 amide bonds. The lowest BCUT2D eigenvalue weighted by molar-refractivity contribution is -0.122. The standard InChI is InChI=1S/C10H12F3N3O/c1-16(8-4-2-7(14)3-5-8)9(17)15-6-10(11,12)13/h2-5H,6,14H2,1H3,(H,15,17). The number of carbonyl (C=O) groups excluding carboxylic acids is 1. The third kappa shape index (κ3) is 4.21. The molecule has 0 heterocycles. The van der Waals surface area contributed by atoms with Gasteiger partial charge in [0.05, 0.1) is 0 Å². The molecule has 0 aromatic heterocycles. The number of amides is 2. The molecule has 0 radical (unpaired) electrons. The number of rotatable bonds is 2. The van der Waals surface area contributed by atoms with Gasteiger partial charge in [-0.2, -0.15) is 13.2 Å². The highest BCUT2D eigenvalue weighted by molar-refractivity contribution is 5.91. The van der Waals surface area contributed by atoms with Gasteiger partial charge in [-0.25, -0.2) is 4.79 Å². The average Bonchev–Trinajstić information content (AvgIpc) is 2.25. The lowest BCUT2D eigenvalue weighted by Gasteiger charge is -2.18. The first kappa shape index (κ1) is 13.1. The van der Waals surface area contributed by atoms with Gasteiger partial charge in [-0.3, -0.25) is 4.90 Å². The zero-order valence-corrected chi connectivity index (χ0v) is 9.08. The number of halogens is 3. The Kier molecular flexibility index (Phi) is 3.82. The molecule has 0 fully saturated rings. The molecule has 1 rings (SSSR count). The van der Waals surface area contributed by atoms with Gasteiger partial charge in [0.2, 0.25) is 0 Å². The van der Waals surface area contributed by atoms with Gasteiger partial charge in [0.15, 0.2) is 0 Å². The molecule has 17 heavy (non-hydrogen) atoms. The maximum atomic E-state index is 11.9. The highest BCUT2D eigenvalue weighted by Crippen LogP contribution is 2.16. The Labute approximate surface area is 96.2 Å². The van der Waals surface area contributed by atoms with Gasteiger partial charge in [-0.1, -0.05) is 0 Å². The maximum absolute atomic E-state index is 11.9. The van der Waals surface area contributed by atoms with Crippen LogP contribution < -0.4 is 16.0 Å². The van der Waals surface area contributed by atoms with Crippen molar-refractivity contribution in [2.24, 2.45) is 0 Å². The van der Waals surface area contributed by atoms with Crippen LogP contribution in [-0.4, -0.2) is 25.8 Å². The van der Waals surface area contributed by atoms with Gasteiger partial charge in [0.1, 0.15) is 6.54 Å². The minimum absolute atomic E-state index is 0.457. The number of anilines is 2. The van der Waals surface area contributed by atoms with E-state index in [0.717, 1.165) is 4.90 Å². The fraction of sp³-hybridized carbons (Fsp3) is 0.300. The number of nitrogens with zero attached hydrogens (tertiary/aromatic N) is 1. The number of nitrogens with one attached hydrogen (secondary N) is 1. The van der Waals surface area contributed by atoms with Crippen LogP contribution >= 0.6 is 0 Å². The zero-order valence-electron chi connectivity index (χ0n) is 9.08. The van der Waals surface area contributed by atoms with Crippen molar-refractivity contribution in [3.63, 3.8) is 0 Å². The molecule has 0 bridgehead atoms. The normalized spacial score (nSPS) is 11.1. The zero-order chi connectivity index (χ0) is 13.1. The fourth-order valence-corrected chi connectivity index (χ4v) is 1.11. The topological polar surface area (TPSA) is 58.4 Å². The van der Waals surface area contributed by atoms with E-state index in [4.69, 9.17) is 5.73 Å². The van der Waals surface area contributed by atoms with Crippen molar-refractivity contribution in [2.45, 2.75) is 6.18 Å². The van der Waals surface area contributed by atoms with E-state index < -0.39 is 18.8 Å². The molecule has 94 valence electrons. The summed E-state index contributed by atoms with van der Waals surface area (Å²) in [6.07, 6.45) is -4.42. The summed E-state index contributed by atoms with van der Waals surface area (Å²) >= 11 is 0. The molecule has 0 aliphatic carbocycles. The summed E-state index contributed by atoms with van der Waals surface area (Å²) in [6.45, 7) is -1.36. The van der Waals surface area contributed by atoms with Crippen LogP contribution in [0.1, 0.15) is 0 Å². The molecule has 0 unspecified atom stereocenters. The second-order valence-corrected chi connectivity index (χ2v) is 3.42. The fourth-order valence-electron chi connectivity index (χ4n) is 1.11. The number of carbonyl (C=O) groups is 1. The van der Waals surface area contributed by atoms with Crippen molar-refractivity contribution in [1.82, 2.24) is 5.32 Å². The van der Waals surface area contributed by atoms with Gasteiger partial charge in [0.25, 0.3) is 0 Å². The predicted molar refractivity (Wildman–Crippen MR) is 58.7 cm³/mol. The highest BCUT2D eigenvalue weighted by atomic mass is 19.4. The summed E-state index contributed by atoms with van der Waals surface area (Å²) in [5, 5.41) is 1.77. The Morgan fingerprint density at radius 1 is 1.35 bits per heavy atom. The van der Waals surface area contributed by atoms with Gasteiger partial charge >= 0.3 is 12.2 Å². The summed E-state index contributed by atoms with van der Waals surface area (Å²) < 4.78 is 35.7. The summed E-state index contributed by atoms with van der Waals surface area (Å²) in [5.74, 6) is 0. The molecule has 0 aliphatic rings. The maximum Gasteiger partial charge on any atom is 0.405 e. The molecule has 4 nitrogen and oxygen atoms in total. The van der Waals surface area contributed by atoms with Crippen molar-refractivity contribution < 1.29 is 18.0 Å². The quantitative estimate of drug-likeness (QED) is 0.785. The van der Waals surface area contributed by atoms with Crippen molar-refractivity contribution in [2.75, 3.05) is 24.2 Å². The first-order chi connectivity index (χ1) is 7.79. The highest BCUT2D eigenvalue weighted by Gasteiger charge is 2.28. The molecule has 0 saturated carbocycles. The van der Waals surface area contributed by atoms with Crippen LogP contribution in [0.4, 0.5) is 29.3 Å². The van der Waals surface area contributed by atoms with Crippen LogP contribution in [0.5, 0.6) is 0 Å². The van der Waals surface area contributed by atoms with Gasteiger partial charge in [-0.05, 0) is 24.3 Å². The predicted octanol–water partition coefficient (Wildman–Crippen LogP) is 1.98. The lowest BCUT2D eigenvalue weighted by atomic mass is 10.3. The van der Waals surface area contributed by atoms with Crippen LogP contribution in [0, 0.1) is 0 Å². The number of hydrogen-bond acceptors (Lipinski definition) is 2. The van der Waals surface area contributed by atoms with Gasteiger partial charge < -0.3 is 11.1 Å². The van der Waals surface area contributed by atoms with E-state index in [0.29, 0.717) is 11.4 Å². The van der Waals surface area contributed by atoms with Crippen LogP contribution in [0.25, 0.3) is 0 Å². The van der Waals surface area contributed by atoms with Crippen molar-refractivity contribution in [1.29, 1.82) is 0 Å². The van der Waals surface area contributed by atoms with Gasteiger partial charge in [0, 0.05) is 18.4 Å². The smallest absolute Gasteiger partial charge is 0.399 e. The van der Waals surface area contributed by atoms with Crippen LogP contribution in [0.2, 0.25) is 0 Å². The second kappa shape index (κ2) is 4.94. The number of urea groups is 1. The minimum atomic E-state index is -4.42. The van der Waals surface area contributed by atoms with Crippen molar-refractivity contribution >= 4 is 17.4 Å². The Hall–Kier alpha value is -1.92. The Balaban J connectivity index is 2.61. The van der Waals surface area contributed by atoms with E-state index in [9.17, 15) is 18.0 Å². The number of hydrogen-bond donors (Lipinski definition) is 2. The van der Waals surface area contributed by atoms with Crippen LogP contribution in [0.3, 0.4) is 0 Å². The Morgan fingerprint density at radius 2 is 1.88 bits per heavy atom. The SMILES string of the molecule is CN(C(=O)NCC(F)(F)F)c1ccc(N)cc1. The molecule has 3 N–H and O–H groups in total. The average molecular weight is 247 g/mol. The molecule has 0 atom stereocenters. The van der Waals surface area contributed by atoms with Crippen molar-refractivity contribution in [3.8, 4) is 0 Å². The molecule has 7 heteroatoms. The van der Waals surface area contributed by atoms with Crippen LogP contribution in [0.15, 0.2) is 24.3 Å². The molecule has 0 spiro atoms. The largest absolute Gasteiger partial charge is 0.405 e. The summed E-state index contributed by atoms with van der Waals surface area (Å²) in [4.78, 5) is 12.4. The summed E-state index contributed by atoms with van der Waals surface area (Å²) in [7, 11) is 1.37. The lowest BCUT2D eigenvalue weighted by Crippen LogP contribution is -2.41. The first-order valence-electron chi connectivity index (χ1n) is 4.73.